The normalized spacial score (nSPS) is 9.95. The Labute approximate surface area is 124 Å². The fraction of sp³-hybridized carbons (Fsp3) is 0.250. The molecule has 19 heavy (non-hydrogen) atoms. The van der Waals surface area contributed by atoms with Gasteiger partial charge in [0.2, 0.25) is 0 Å². The molecular weight excluding hydrogens is 326 g/mol. The van der Waals surface area contributed by atoms with Crippen LogP contribution in [0.3, 0.4) is 0 Å². The minimum absolute atomic E-state index is 0.451. The molecule has 0 spiro atoms. The molecule has 0 saturated carbocycles. The van der Waals surface area contributed by atoms with E-state index in [0.29, 0.717) is 13.0 Å². The summed E-state index contributed by atoms with van der Waals surface area (Å²) in [6, 6.07) is 7.98. The lowest BCUT2D eigenvalue weighted by molar-refractivity contribution is 1.03. The maximum absolute atomic E-state index is 8.50. The molecule has 7 heteroatoms. The monoisotopic (exact) mass is 337 g/mol. The summed E-state index contributed by atoms with van der Waals surface area (Å²) in [5, 5.41) is 12.7. The number of hydrogen-bond donors (Lipinski definition) is 1. The van der Waals surface area contributed by atoms with Gasteiger partial charge in [-0.15, -0.1) is 11.3 Å². The van der Waals surface area contributed by atoms with Gasteiger partial charge in [0.15, 0.2) is 0 Å². The third kappa shape index (κ3) is 3.66. The second-order valence-electron chi connectivity index (χ2n) is 3.73. The highest BCUT2D eigenvalue weighted by Crippen LogP contribution is 2.32. The van der Waals surface area contributed by atoms with Crippen LogP contribution in [0.1, 0.15) is 6.42 Å². The molecule has 0 atom stereocenters. The Kier molecular flexibility index (Phi) is 4.71. The molecule has 0 aromatic carbocycles. The summed E-state index contributed by atoms with van der Waals surface area (Å²) < 4.78 is 1.08. The first kappa shape index (κ1) is 13.8. The molecule has 2 heterocycles. The SMILES string of the molecule is CN(c1cc(NCCC#N)ncn1)c1ccc(Br)s1. The minimum Gasteiger partial charge on any atom is -0.369 e. The number of aromatic nitrogens is 2. The van der Waals surface area contributed by atoms with Crippen molar-refractivity contribution in [3.05, 3.63) is 28.3 Å². The van der Waals surface area contributed by atoms with Crippen LogP contribution in [0.4, 0.5) is 16.6 Å². The fourth-order valence-corrected chi connectivity index (χ4v) is 2.80. The van der Waals surface area contributed by atoms with Crippen molar-refractivity contribution in [2.24, 2.45) is 0 Å². The van der Waals surface area contributed by atoms with E-state index in [9.17, 15) is 0 Å². The molecule has 2 aromatic heterocycles. The van der Waals surface area contributed by atoms with Crippen LogP contribution in [-0.2, 0) is 0 Å². The van der Waals surface area contributed by atoms with Crippen molar-refractivity contribution in [2.75, 3.05) is 23.8 Å². The van der Waals surface area contributed by atoms with Gasteiger partial charge in [0, 0.05) is 19.7 Å². The highest BCUT2D eigenvalue weighted by molar-refractivity contribution is 9.11. The van der Waals surface area contributed by atoms with Crippen LogP contribution >= 0.6 is 27.3 Å². The maximum atomic E-state index is 8.50. The Hall–Kier alpha value is -1.65. The number of nitriles is 1. The fourth-order valence-electron chi connectivity index (χ4n) is 1.47. The maximum Gasteiger partial charge on any atom is 0.138 e. The van der Waals surface area contributed by atoms with Crippen LogP contribution < -0.4 is 10.2 Å². The summed E-state index contributed by atoms with van der Waals surface area (Å²) in [7, 11) is 1.96. The summed E-state index contributed by atoms with van der Waals surface area (Å²) in [5.41, 5.74) is 0. The van der Waals surface area contributed by atoms with E-state index < -0.39 is 0 Å². The van der Waals surface area contributed by atoms with Crippen LogP contribution in [0.5, 0.6) is 0 Å². The molecule has 2 aromatic rings. The predicted molar refractivity (Wildman–Crippen MR) is 80.8 cm³/mol. The highest BCUT2D eigenvalue weighted by atomic mass is 79.9. The molecule has 0 aliphatic rings. The molecule has 0 fully saturated rings. The summed E-state index contributed by atoms with van der Waals surface area (Å²) in [6.07, 6.45) is 1.97. The molecular formula is C12H12BrN5S. The quantitative estimate of drug-likeness (QED) is 0.847. The molecule has 0 radical (unpaired) electrons. The third-order valence-corrected chi connectivity index (χ3v) is 4.13. The molecule has 2 rings (SSSR count). The third-order valence-electron chi connectivity index (χ3n) is 2.43. The van der Waals surface area contributed by atoms with E-state index in [2.05, 4.69) is 37.3 Å². The zero-order valence-electron chi connectivity index (χ0n) is 10.3. The van der Waals surface area contributed by atoms with Crippen molar-refractivity contribution in [1.82, 2.24) is 9.97 Å². The van der Waals surface area contributed by atoms with E-state index in [-0.39, 0.29) is 0 Å². The van der Waals surface area contributed by atoms with Crippen molar-refractivity contribution in [1.29, 1.82) is 5.26 Å². The second-order valence-corrected chi connectivity index (χ2v) is 6.17. The van der Waals surface area contributed by atoms with Gasteiger partial charge >= 0.3 is 0 Å². The zero-order valence-corrected chi connectivity index (χ0v) is 12.7. The lowest BCUT2D eigenvalue weighted by atomic mass is 10.4. The van der Waals surface area contributed by atoms with Gasteiger partial charge in [-0.05, 0) is 28.1 Å². The van der Waals surface area contributed by atoms with Gasteiger partial charge in [0.25, 0.3) is 0 Å². The van der Waals surface area contributed by atoms with Gasteiger partial charge in [-0.25, -0.2) is 9.97 Å². The van der Waals surface area contributed by atoms with Gasteiger partial charge < -0.3 is 10.2 Å². The van der Waals surface area contributed by atoms with E-state index in [1.54, 1.807) is 11.3 Å². The number of rotatable bonds is 5. The number of anilines is 3. The van der Waals surface area contributed by atoms with E-state index in [0.717, 1.165) is 20.4 Å². The van der Waals surface area contributed by atoms with Gasteiger partial charge in [-0.2, -0.15) is 5.26 Å². The molecule has 0 bridgehead atoms. The standard InChI is InChI=1S/C12H12BrN5S/c1-18(12-4-3-9(13)19-12)11-7-10(16-8-17-11)15-6-2-5-14/h3-4,7-8H,2,6H2,1H3,(H,15,16,17). The van der Waals surface area contributed by atoms with Crippen molar-refractivity contribution < 1.29 is 0 Å². The smallest absolute Gasteiger partial charge is 0.138 e. The number of thiophene rings is 1. The van der Waals surface area contributed by atoms with Crippen LogP contribution in [0.2, 0.25) is 0 Å². The number of nitrogens with one attached hydrogen (secondary N) is 1. The second kappa shape index (κ2) is 6.50. The Bertz CT molecular complexity index is 592. The first-order chi connectivity index (χ1) is 9.20. The molecule has 0 aliphatic heterocycles. The first-order valence-electron chi connectivity index (χ1n) is 5.62. The summed E-state index contributed by atoms with van der Waals surface area (Å²) >= 11 is 5.08. The van der Waals surface area contributed by atoms with Gasteiger partial charge in [-0.3, -0.25) is 0 Å². The highest BCUT2D eigenvalue weighted by Gasteiger charge is 2.08. The first-order valence-corrected chi connectivity index (χ1v) is 7.23. The largest absolute Gasteiger partial charge is 0.369 e. The van der Waals surface area contributed by atoms with Crippen LogP contribution in [0.25, 0.3) is 0 Å². The number of hydrogen-bond acceptors (Lipinski definition) is 6. The van der Waals surface area contributed by atoms with E-state index in [4.69, 9.17) is 5.26 Å². The molecule has 0 unspecified atom stereocenters. The Morgan fingerprint density at radius 2 is 2.32 bits per heavy atom. The average molecular weight is 338 g/mol. The van der Waals surface area contributed by atoms with Crippen molar-refractivity contribution in [2.45, 2.75) is 6.42 Å². The number of halogens is 1. The molecule has 1 N–H and O–H groups in total. The van der Waals surface area contributed by atoms with Crippen LogP contribution in [0.15, 0.2) is 28.3 Å². The van der Waals surface area contributed by atoms with Crippen molar-refractivity contribution in [3.63, 3.8) is 0 Å². The molecule has 0 aliphatic carbocycles. The van der Waals surface area contributed by atoms with Gasteiger partial charge in [0.1, 0.15) is 18.0 Å². The molecule has 0 saturated heterocycles. The van der Waals surface area contributed by atoms with Crippen molar-refractivity contribution in [3.8, 4) is 6.07 Å². The zero-order chi connectivity index (χ0) is 13.7. The molecule has 98 valence electrons. The van der Waals surface area contributed by atoms with E-state index in [1.807, 2.05) is 30.1 Å². The lowest BCUT2D eigenvalue weighted by Crippen LogP contribution is -2.11. The van der Waals surface area contributed by atoms with E-state index in [1.165, 1.54) is 6.33 Å². The molecule has 0 amide bonds. The Morgan fingerprint density at radius 1 is 1.47 bits per heavy atom. The summed E-state index contributed by atoms with van der Waals surface area (Å²) in [4.78, 5) is 10.4. The lowest BCUT2D eigenvalue weighted by Gasteiger charge is -2.16. The topological polar surface area (TPSA) is 64.8 Å². The van der Waals surface area contributed by atoms with Crippen LogP contribution in [-0.4, -0.2) is 23.6 Å². The Balaban J connectivity index is 2.12. The van der Waals surface area contributed by atoms with E-state index >= 15 is 0 Å². The summed E-state index contributed by atoms with van der Waals surface area (Å²) in [5.74, 6) is 1.53. The van der Waals surface area contributed by atoms with Crippen molar-refractivity contribution >= 4 is 43.9 Å². The predicted octanol–water partition coefficient (Wildman–Crippen LogP) is 3.39. The summed E-state index contributed by atoms with van der Waals surface area (Å²) in [6.45, 7) is 0.585. The van der Waals surface area contributed by atoms with Gasteiger partial charge in [-0.1, -0.05) is 0 Å². The number of nitrogens with zero attached hydrogens (tertiary/aromatic N) is 4. The minimum atomic E-state index is 0.451. The molecule has 5 nitrogen and oxygen atoms in total. The Morgan fingerprint density at radius 3 is 3.00 bits per heavy atom. The van der Waals surface area contributed by atoms with Gasteiger partial charge in [0.05, 0.1) is 21.3 Å². The van der Waals surface area contributed by atoms with Crippen LogP contribution in [0, 0.1) is 11.3 Å². The average Bonchev–Trinajstić information content (AvgIpc) is 2.85.